The highest BCUT2D eigenvalue weighted by Gasteiger charge is 2.10. The first kappa shape index (κ1) is 22.4. The Morgan fingerprint density at radius 1 is 1.00 bits per heavy atom. The molecule has 0 atom stereocenters. The number of aryl methyl sites for hydroxylation is 1. The van der Waals surface area contributed by atoms with E-state index in [1.54, 1.807) is 12.1 Å². The molecule has 1 rings (SSSR count). The molecule has 0 aromatic heterocycles. The second-order valence-electron chi connectivity index (χ2n) is 5.56. The molecular formula is C18H25N3O5S. The van der Waals surface area contributed by atoms with Crippen molar-refractivity contribution in [1.29, 1.82) is 0 Å². The fraction of sp³-hybridized carbons (Fsp3) is 0.444. The quantitative estimate of drug-likeness (QED) is 0.330. The van der Waals surface area contributed by atoms with Gasteiger partial charge in [-0.1, -0.05) is 26.0 Å². The number of ether oxygens (including phenoxy) is 2. The van der Waals surface area contributed by atoms with E-state index < -0.39 is 17.8 Å². The Bertz CT molecular complexity index is 649. The normalized spacial score (nSPS) is 9.85. The zero-order valence-electron chi connectivity index (χ0n) is 15.5. The maximum atomic E-state index is 11.7. The lowest BCUT2D eigenvalue weighted by Crippen LogP contribution is -2.49. The van der Waals surface area contributed by atoms with E-state index >= 15 is 0 Å². The zero-order chi connectivity index (χ0) is 20.1. The van der Waals surface area contributed by atoms with Gasteiger partial charge in [-0.05, 0) is 42.8 Å². The number of nitrogens with one attached hydrogen (secondary N) is 3. The van der Waals surface area contributed by atoms with Crippen molar-refractivity contribution in [1.82, 2.24) is 16.2 Å². The average molecular weight is 395 g/mol. The largest absolute Gasteiger partial charge is 0.484 e. The molecule has 27 heavy (non-hydrogen) atoms. The minimum atomic E-state index is -0.464. The van der Waals surface area contributed by atoms with E-state index in [1.165, 1.54) is 5.56 Å². The van der Waals surface area contributed by atoms with Crippen LogP contribution in [-0.2, 0) is 25.5 Å². The van der Waals surface area contributed by atoms with Crippen molar-refractivity contribution in [3.63, 3.8) is 0 Å². The molecule has 0 aliphatic heterocycles. The van der Waals surface area contributed by atoms with Crippen LogP contribution in [0.5, 0.6) is 5.75 Å². The van der Waals surface area contributed by atoms with Crippen LogP contribution in [0.15, 0.2) is 24.3 Å². The van der Waals surface area contributed by atoms with Gasteiger partial charge in [0.25, 0.3) is 5.91 Å². The summed E-state index contributed by atoms with van der Waals surface area (Å²) >= 11 is 4.89. The first-order valence-electron chi connectivity index (χ1n) is 8.70. The number of benzene rings is 1. The van der Waals surface area contributed by atoms with Crippen molar-refractivity contribution in [2.45, 2.75) is 39.5 Å². The number of carbonyl (C=O) groups excluding carboxylic acids is 3. The summed E-state index contributed by atoms with van der Waals surface area (Å²) in [6, 6.07) is 7.42. The van der Waals surface area contributed by atoms with Gasteiger partial charge in [0.1, 0.15) is 5.75 Å². The topological polar surface area (TPSA) is 106 Å². The zero-order valence-corrected chi connectivity index (χ0v) is 16.3. The van der Waals surface area contributed by atoms with Crippen molar-refractivity contribution in [2.75, 3.05) is 13.2 Å². The number of hydrazine groups is 1. The molecule has 0 bridgehead atoms. The Morgan fingerprint density at radius 2 is 1.70 bits per heavy atom. The lowest BCUT2D eigenvalue weighted by Gasteiger charge is -2.11. The van der Waals surface area contributed by atoms with Crippen LogP contribution in [0.4, 0.5) is 0 Å². The maximum Gasteiger partial charge on any atom is 0.306 e. The van der Waals surface area contributed by atoms with Crippen LogP contribution in [-0.4, -0.2) is 36.1 Å². The molecule has 1 aromatic carbocycles. The van der Waals surface area contributed by atoms with Crippen molar-refractivity contribution in [3.8, 4) is 5.75 Å². The van der Waals surface area contributed by atoms with Gasteiger partial charge in [0.05, 0.1) is 13.0 Å². The van der Waals surface area contributed by atoms with E-state index in [9.17, 15) is 14.4 Å². The second kappa shape index (κ2) is 12.6. The highest BCUT2D eigenvalue weighted by molar-refractivity contribution is 7.80. The molecular weight excluding hydrogens is 370 g/mol. The summed E-state index contributed by atoms with van der Waals surface area (Å²) in [6.07, 6.45) is 1.55. The monoisotopic (exact) mass is 395 g/mol. The van der Waals surface area contributed by atoms with Gasteiger partial charge in [0, 0.05) is 6.42 Å². The molecule has 0 unspecified atom stereocenters. The van der Waals surface area contributed by atoms with E-state index in [2.05, 4.69) is 23.1 Å². The molecule has 0 saturated carbocycles. The number of carbonyl (C=O) groups is 3. The number of thiocarbonyl (C=S) groups is 1. The van der Waals surface area contributed by atoms with Gasteiger partial charge in [-0.2, -0.15) is 0 Å². The van der Waals surface area contributed by atoms with Crippen molar-refractivity contribution >= 4 is 35.1 Å². The smallest absolute Gasteiger partial charge is 0.306 e. The SMILES string of the molecule is CCCOC(=O)CCC(=O)NC(=S)NNC(=O)COc1ccc(CC)cc1. The lowest BCUT2D eigenvalue weighted by atomic mass is 10.2. The van der Waals surface area contributed by atoms with Gasteiger partial charge in [-0.3, -0.25) is 25.2 Å². The summed E-state index contributed by atoms with van der Waals surface area (Å²) in [7, 11) is 0. The van der Waals surface area contributed by atoms with Gasteiger partial charge < -0.3 is 14.8 Å². The van der Waals surface area contributed by atoms with Gasteiger partial charge >= 0.3 is 5.97 Å². The van der Waals surface area contributed by atoms with Gasteiger partial charge in [0.15, 0.2) is 11.7 Å². The number of esters is 1. The molecule has 0 radical (unpaired) electrons. The maximum absolute atomic E-state index is 11.7. The van der Waals surface area contributed by atoms with Crippen LogP contribution in [0.1, 0.15) is 38.7 Å². The minimum Gasteiger partial charge on any atom is -0.484 e. The Hall–Kier alpha value is -2.68. The fourth-order valence-electron chi connectivity index (χ4n) is 1.86. The third-order valence-corrected chi connectivity index (χ3v) is 3.50. The molecule has 0 saturated heterocycles. The van der Waals surface area contributed by atoms with Gasteiger partial charge in [0.2, 0.25) is 5.91 Å². The number of hydrogen-bond acceptors (Lipinski definition) is 6. The van der Waals surface area contributed by atoms with E-state index in [0.29, 0.717) is 12.4 Å². The summed E-state index contributed by atoms with van der Waals surface area (Å²) in [6.45, 7) is 4.05. The van der Waals surface area contributed by atoms with E-state index in [-0.39, 0.29) is 24.6 Å². The standard InChI is InChI=1S/C18H25N3O5S/c1-3-11-25-17(24)10-9-15(22)19-18(27)21-20-16(23)12-26-14-7-5-13(4-2)6-8-14/h5-8H,3-4,9-12H2,1-2H3,(H,20,23)(H2,19,21,22,27). The van der Waals surface area contributed by atoms with Crippen LogP contribution in [0, 0.1) is 0 Å². The van der Waals surface area contributed by atoms with Crippen molar-refractivity contribution in [3.05, 3.63) is 29.8 Å². The summed E-state index contributed by atoms with van der Waals surface area (Å²) in [4.78, 5) is 34.7. The van der Waals surface area contributed by atoms with Crippen LogP contribution < -0.4 is 20.9 Å². The number of hydrogen-bond donors (Lipinski definition) is 3. The van der Waals surface area contributed by atoms with Gasteiger partial charge in [-0.15, -0.1) is 0 Å². The molecule has 0 aliphatic carbocycles. The number of amides is 2. The Kier molecular flexibility index (Phi) is 10.5. The van der Waals surface area contributed by atoms with Crippen LogP contribution >= 0.6 is 12.2 Å². The third-order valence-electron chi connectivity index (χ3n) is 3.29. The van der Waals surface area contributed by atoms with Gasteiger partial charge in [-0.25, -0.2) is 0 Å². The lowest BCUT2D eigenvalue weighted by molar-refractivity contribution is -0.144. The third kappa shape index (κ3) is 10.1. The van der Waals surface area contributed by atoms with Crippen LogP contribution in [0.3, 0.4) is 0 Å². The molecule has 9 heteroatoms. The molecule has 0 spiro atoms. The van der Waals surface area contributed by atoms with Crippen LogP contribution in [0.25, 0.3) is 0 Å². The van der Waals surface area contributed by atoms with E-state index in [0.717, 1.165) is 12.8 Å². The summed E-state index contributed by atoms with van der Waals surface area (Å²) in [5.41, 5.74) is 5.88. The molecule has 0 aliphatic rings. The predicted octanol–water partition coefficient (Wildman–Crippen LogP) is 1.38. The van der Waals surface area contributed by atoms with Crippen molar-refractivity contribution in [2.24, 2.45) is 0 Å². The van der Waals surface area contributed by atoms with E-state index in [1.807, 2.05) is 19.1 Å². The molecule has 8 nitrogen and oxygen atoms in total. The Balaban J connectivity index is 2.19. The Labute approximate surface area is 164 Å². The van der Waals surface area contributed by atoms with Crippen molar-refractivity contribution < 1.29 is 23.9 Å². The molecule has 0 heterocycles. The molecule has 2 amide bonds. The fourth-order valence-corrected chi connectivity index (χ4v) is 2.02. The molecule has 1 aromatic rings. The summed E-state index contributed by atoms with van der Waals surface area (Å²) in [5.74, 6) is -0.784. The highest BCUT2D eigenvalue weighted by Crippen LogP contribution is 2.12. The summed E-state index contributed by atoms with van der Waals surface area (Å²) in [5, 5.41) is 2.27. The predicted molar refractivity (Wildman–Crippen MR) is 104 cm³/mol. The molecule has 0 fully saturated rings. The first-order valence-corrected chi connectivity index (χ1v) is 9.11. The Morgan fingerprint density at radius 3 is 2.33 bits per heavy atom. The highest BCUT2D eigenvalue weighted by atomic mass is 32.1. The second-order valence-corrected chi connectivity index (χ2v) is 5.97. The number of rotatable bonds is 9. The molecule has 3 N–H and O–H groups in total. The molecule has 148 valence electrons. The minimum absolute atomic E-state index is 0.0362. The first-order chi connectivity index (χ1) is 12.9. The average Bonchev–Trinajstić information content (AvgIpc) is 2.67. The summed E-state index contributed by atoms with van der Waals surface area (Å²) < 4.78 is 10.2. The van der Waals surface area contributed by atoms with E-state index in [4.69, 9.17) is 21.7 Å². The van der Waals surface area contributed by atoms with Crippen LogP contribution in [0.2, 0.25) is 0 Å².